The third kappa shape index (κ3) is 3.43. The van der Waals surface area contributed by atoms with Crippen LogP contribution in [0.1, 0.15) is 0 Å². The van der Waals surface area contributed by atoms with Crippen LogP contribution < -0.4 is 10.6 Å². The molecule has 0 aromatic heterocycles. The topological polar surface area (TPSA) is 24.1 Å². The predicted molar refractivity (Wildman–Crippen MR) is 156 cm³/mol. The monoisotopic (exact) mass is 460 g/mol. The summed E-state index contributed by atoms with van der Waals surface area (Å²) in [6.07, 6.45) is 0. The molecule has 7 rings (SSSR count). The number of hydrogen-bond acceptors (Lipinski definition) is 2. The molecular formula is C34H24N2. The molecule has 0 aliphatic heterocycles. The molecule has 0 unspecified atom stereocenters. The molecule has 0 fully saturated rings. The van der Waals surface area contributed by atoms with Gasteiger partial charge in [0.25, 0.3) is 0 Å². The Balaban J connectivity index is 1.41. The first-order valence-corrected chi connectivity index (χ1v) is 12.3. The van der Waals surface area contributed by atoms with Crippen LogP contribution in [-0.4, -0.2) is 0 Å². The fourth-order valence-electron chi connectivity index (χ4n) is 5.27. The molecule has 0 amide bonds. The minimum atomic E-state index is 1.04. The Labute approximate surface area is 209 Å². The zero-order chi connectivity index (χ0) is 23.9. The molecule has 2 nitrogen and oxygen atoms in total. The van der Waals surface area contributed by atoms with Gasteiger partial charge in [0.15, 0.2) is 0 Å². The zero-order valence-electron chi connectivity index (χ0n) is 19.7. The molecule has 7 aromatic rings. The molecule has 170 valence electrons. The van der Waals surface area contributed by atoms with Gasteiger partial charge in [-0.25, -0.2) is 0 Å². The molecule has 0 atom stereocenters. The summed E-state index contributed by atoms with van der Waals surface area (Å²) in [6, 6.07) is 47.3. The molecule has 0 aliphatic rings. The lowest BCUT2D eigenvalue weighted by Crippen LogP contribution is -2.00. The Bertz CT molecular complexity index is 1650. The zero-order valence-corrected chi connectivity index (χ0v) is 19.7. The maximum absolute atomic E-state index is 3.81. The lowest BCUT2D eigenvalue weighted by Gasteiger charge is -2.19. The number of anilines is 4. The fourth-order valence-corrected chi connectivity index (χ4v) is 5.27. The van der Waals surface area contributed by atoms with Crippen LogP contribution >= 0.6 is 0 Å². The normalized spacial score (nSPS) is 11.3. The Morgan fingerprint density at radius 1 is 0.306 bits per heavy atom. The summed E-state index contributed by atoms with van der Waals surface area (Å²) < 4.78 is 0. The summed E-state index contributed by atoms with van der Waals surface area (Å²) in [5, 5.41) is 17.4. The summed E-state index contributed by atoms with van der Waals surface area (Å²) in [6.45, 7) is 0. The van der Waals surface area contributed by atoms with Crippen LogP contribution in [0.15, 0.2) is 133 Å². The molecule has 0 spiro atoms. The highest BCUT2D eigenvalue weighted by molar-refractivity contribution is 6.14. The molecule has 0 heterocycles. The van der Waals surface area contributed by atoms with Crippen molar-refractivity contribution in [2.45, 2.75) is 0 Å². The van der Waals surface area contributed by atoms with Gasteiger partial charge in [0, 0.05) is 21.5 Å². The van der Waals surface area contributed by atoms with E-state index in [0.717, 1.165) is 22.7 Å². The van der Waals surface area contributed by atoms with Crippen molar-refractivity contribution in [1.29, 1.82) is 0 Å². The van der Waals surface area contributed by atoms with E-state index in [-0.39, 0.29) is 0 Å². The number of fused-ring (bicyclic) bond motifs is 4. The number of rotatable bonds is 4. The first kappa shape index (κ1) is 20.5. The molecule has 0 bridgehead atoms. The number of nitrogens with one attached hydrogen (secondary N) is 2. The van der Waals surface area contributed by atoms with Crippen molar-refractivity contribution in [1.82, 2.24) is 0 Å². The van der Waals surface area contributed by atoms with Crippen molar-refractivity contribution in [2.75, 3.05) is 10.6 Å². The van der Waals surface area contributed by atoms with E-state index in [9.17, 15) is 0 Å². The van der Waals surface area contributed by atoms with Crippen molar-refractivity contribution in [3.8, 4) is 0 Å². The second kappa shape index (κ2) is 8.44. The van der Waals surface area contributed by atoms with Gasteiger partial charge in [-0.05, 0) is 45.8 Å². The highest BCUT2D eigenvalue weighted by Gasteiger charge is 2.12. The van der Waals surface area contributed by atoms with Crippen LogP contribution in [0.25, 0.3) is 43.1 Å². The van der Waals surface area contributed by atoms with Gasteiger partial charge in [-0.1, -0.05) is 109 Å². The largest absolute Gasteiger partial charge is 0.353 e. The quantitative estimate of drug-likeness (QED) is 0.255. The Morgan fingerprint density at radius 3 is 0.917 bits per heavy atom. The summed E-state index contributed by atoms with van der Waals surface area (Å²) in [5.41, 5.74) is 4.33. The van der Waals surface area contributed by atoms with Crippen LogP contribution in [0.3, 0.4) is 0 Å². The van der Waals surface area contributed by atoms with E-state index in [2.05, 4.69) is 144 Å². The highest BCUT2D eigenvalue weighted by Crippen LogP contribution is 2.40. The van der Waals surface area contributed by atoms with Crippen LogP contribution in [0, 0.1) is 0 Å². The van der Waals surface area contributed by atoms with E-state index in [4.69, 9.17) is 0 Å². The molecule has 2 N–H and O–H groups in total. The van der Waals surface area contributed by atoms with Gasteiger partial charge in [0.1, 0.15) is 0 Å². The second-order valence-electron chi connectivity index (χ2n) is 9.18. The van der Waals surface area contributed by atoms with E-state index < -0.39 is 0 Å². The summed E-state index contributed by atoms with van der Waals surface area (Å²) in [4.78, 5) is 0. The van der Waals surface area contributed by atoms with Crippen molar-refractivity contribution in [3.63, 3.8) is 0 Å². The van der Waals surface area contributed by atoms with Gasteiger partial charge >= 0.3 is 0 Å². The van der Waals surface area contributed by atoms with Crippen LogP contribution in [0.5, 0.6) is 0 Å². The summed E-state index contributed by atoms with van der Waals surface area (Å²) in [7, 11) is 0. The molecule has 36 heavy (non-hydrogen) atoms. The summed E-state index contributed by atoms with van der Waals surface area (Å²) in [5.74, 6) is 0. The number of para-hydroxylation sites is 2. The molecule has 0 saturated heterocycles. The van der Waals surface area contributed by atoms with Crippen molar-refractivity contribution in [3.05, 3.63) is 133 Å². The minimum Gasteiger partial charge on any atom is -0.353 e. The Morgan fingerprint density at radius 2 is 0.583 bits per heavy atom. The lowest BCUT2D eigenvalue weighted by atomic mass is 10.00. The van der Waals surface area contributed by atoms with Crippen molar-refractivity contribution in [2.24, 2.45) is 0 Å². The number of benzene rings is 7. The van der Waals surface area contributed by atoms with Crippen LogP contribution in [-0.2, 0) is 0 Å². The molecule has 2 heteroatoms. The van der Waals surface area contributed by atoms with Crippen molar-refractivity contribution >= 4 is 65.8 Å². The highest BCUT2D eigenvalue weighted by atomic mass is 15.0. The van der Waals surface area contributed by atoms with Gasteiger partial charge in [0.05, 0.1) is 22.7 Å². The third-order valence-electron chi connectivity index (χ3n) is 6.99. The van der Waals surface area contributed by atoms with Crippen molar-refractivity contribution < 1.29 is 0 Å². The maximum atomic E-state index is 3.81. The van der Waals surface area contributed by atoms with E-state index >= 15 is 0 Å². The minimum absolute atomic E-state index is 1.04. The molecule has 7 aromatic carbocycles. The van der Waals surface area contributed by atoms with E-state index in [1.807, 2.05) is 0 Å². The van der Waals surface area contributed by atoms with E-state index in [1.165, 1.54) is 43.1 Å². The van der Waals surface area contributed by atoms with Gasteiger partial charge in [-0.3, -0.25) is 0 Å². The lowest BCUT2D eigenvalue weighted by molar-refractivity contribution is 1.54. The summed E-state index contributed by atoms with van der Waals surface area (Å²) >= 11 is 0. The fraction of sp³-hybridized carbons (Fsp3) is 0. The molecule has 0 radical (unpaired) electrons. The maximum Gasteiger partial charge on any atom is 0.0623 e. The second-order valence-corrected chi connectivity index (χ2v) is 9.18. The van der Waals surface area contributed by atoms with E-state index in [1.54, 1.807) is 0 Å². The van der Waals surface area contributed by atoms with Crippen LogP contribution in [0.2, 0.25) is 0 Å². The number of hydrogen-bond donors (Lipinski definition) is 2. The van der Waals surface area contributed by atoms with Gasteiger partial charge < -0.3 is 10.6 Å². The molecule has 0 saturated carbocycles. The van der Waals surface area contributed by atoms with Crippen LogP contribution in [0.4, 0.5) is 22.7 Å². The van der Waals surface area contributed by atoms with Gasteiger partial charge in [-0.15, -0.1) is 0 Å². The smallest absolute Gasteiger partial charge is 0.0623 e. The average Bonchev–Trinajstić information content (AvgIpc) is 2.93. The predicted octanol–water partition coefficient (Wildman–Crippen LogP) is 9.79. The standard InChI is InChI=1S/C34H24N2/c1-5-15-27-23(11-1)21-24-12-2-6-16-28(24)33(27)35-31-19-9-10-20-32(31)36-34-29-17-7-3-13-25(29)22-26-14-4-8-18-30(26)34/h1-22,35-36H. The Kier molecular flexibility index (Phi) is 4.82. The first-order valence-electron chi connectivity index (χ1n) is 12.3. The van der Waals surface area contributed by atoms with Gasteiger partial charge in [-0.2, -0.15) is 0 Å². The molecular weight excluding hydrogens is 436 g/mol. The Hall–Kier alpha value is -4.82. The SMILES string of the molecule is c1ccc(Nc2c3ccccc3cc3ccccc23)c(Nc2c3ccccc3cc3ccccc23)c1. The molecule has 0 aliphatic carbocycles. The first-order chi connectivity index (χ1) is 17.8. The third-order valence-corrected chi connectivity index (χ3v) is 6.99. The van der Waals surface area contributed by atoms with Gasteiger partial charge in [0.2, 0.25) is 0 Å². The average molecular weight is 461 g/mol. The van der Waals surface area contributed by atoms with E-state index in [0.29, 0.717) is 0 Å².